The monoisotopic (exact) mass is 285 g/mol. The maximum Gasteiger partial charge on any atom is 0.123 e. The van der Waals surface area contributed by atoms with Gasteiger partial charge in [0.2, 0.25) is 0 Å². The largest absolute Gasteiger partial charge is 0.386 e. The van der Waals surface area contributed by atoms with Crippen LogP contribution in [0.5, 0.6) is 0 Å². The van der Waals surface area contributed by atoms with Gasteiger partial charge >= 0.3 is 0 Å². The van der Waals surface area contributed by atoms with Gasteiger partial charge in [-0.15, -0.1) is 0 Å². The van der Waals surface area contributed by atoms with E-state index >= 15 is 0 Å². The minimum atomic E-state index is -0.846. The van der Waals surface area contributed by atoms with Crippen LogP contribution in [-0.2, 0) is 6.42 Å². The Morgan fingerprint density at radius 3 is 2.67 bits per heavy atom. The van der Waals surface area contributed by atoms with Crippen molar-refractivity contribution >= 4 is 23.2 Å². The first-order chi connectivity index (χ1) is 8.56. The molecule has 0 aliphatic heterocycles. The number of hydrogen-bond donors (Lipinski definition) is 1. The summed E-state index contributed by atoms with van der Waals surface area (Å²) in [7, 11) is 0. The summed E-state index contributed by atoms with van der Waals surface area (Å²) in [4.78, 5) is 4.01. The third-order valence-electron chi connectivity index (χ3n) is 2.51. The maximum atomic E-state index is 13.1. The number of pyridine rings is 1. The van der Waals surface area contributed by atoms with Gasteiger partial charge in [0.15, 0.2) is 0 Å². The van der Waals surface area contributed by atoms with Crippen LogP contribution in [0.15, 0.2) is 36.5 Å². The van der Waals surface area contributed by atoms with E-state index in [0.717, 1.165) is 0 Å². The van der Waals surface area contributed by atoms with Crippen LogP contribution in [0.3, 0.4) is 0 Å². The highest BCUT2D eigenvalue weighted by atomic mass is 35.5. The predicted molar refractivity (Wildman–Crippen MR) is 69.3 cm³/mol. The molecule has 0 amide bonds. The minimum absolute atomic E-state index is 0.200. The second kappa shape index (κ2) is 5.65. The van der Waals surface area contributed by atoms with Crippen LogP contribution in [0.1, 0.15) is 17.4 Å². The molecule has 2 aromatic rings. The molecule has 18 heavy (non-hydrogen) atoms. The molecule has 2 nitrogen and oxygen atoms in total. The van der Waals surface area contributed by atoms with Gasteiger partial charge in [-0.3, -0.25) is 4.98 Å². The van der Waals surface area contributed by atoms with E-state index in [-0.39, 0.29) is 12.2 Å². The van der Waals surface area contributed by atoms with E-state index in [4.69, 9.17) is 23.2 Å². The summed E-state index contributed by atoms with van der Waals surface area (Å²) in [5, 5.41) is 10.9. The predicted octanol–water partition coefficient (Wildman–Crippen LogP) is 3.80. The van der Waals surface area contributed by atoms with Crippen LogP contribution < -0.4 is 0 Å². The van der Waals surface area contributed by atoms with Gasteiger partial charge < -0.3 is 5.11 Å². The Bertz CT molecular complexity index is 545. The number of halogens is 3. The standard InChI is InChI=1S/C13H10Cl2FNO/c14-9-1-4-12(17-7-9)13(18)6-8-5-10(16)2-3-11(8)15/h1-5,7,13,18H,6H2. The van der Waals surface area contributed by atoms with Crippen LogP contribution >= 0.6 is 23.2 Å². The molecule has 1 aromatic heterocycles. The highest BCUT2D eigenvalue weighted by Crippen LogP contribution is 2.23. The Balaban J connectivity index is 2.18. The van der Waals surface area contributed by atoms with E-state index in [9.17, 15) is 9.50 Å². The average molecular weight is 286 g/mol. The number of hydrogen-bond acceptors (Lipinski definition) is 2. The molecule has 2 rings (SSSR count). The SMILES string of the molecule is OC(Cc1cc(F)ccc1Cl)c1ccc(Cl)cn1. The topological polar surface area (TPSA) is 33.1 Å². The summed E-state index contributed by atoms with van der Waals surface area (Å²) < 4.78 is 13.1. The van der Waals surface area contributed by atoms with Crippen molar-refractivity contribution in [2.45, 2.75) is 12.5 Å². The molecule has 0 saturated carbocycles. The molecule has 5 heteroatoms. The third kappa shape index (κ3) is 3.19. The highest BCUT2D eigenvalue weighted by Gasteiger charge is 2.12. The molecule has 0 aliphatic carbocycles. The van der Waals surface area contributed by atoms with Gasteiger partial charge in [0.05, 0.1) is 16.8 Å². The average Bonchev–Trinajstić information content (AvgIpc) is 2.34. The zero-order valence-electron chi connectivity index (χ0n) is 9.28. The number of nitrogens with zero attached hydrogens (tertiary/aromatic N) is 1. The summed E-state index contributed by atoms with van der Waals surface area (Å²) in [6, 6.07) is 7.31. The van der Waals surface area contributed by atoms with Gasteiger partial charge in [-0.1, -0.05) is 23.2 Å². The van der Waals surface area contributed by atoms with E-state index in [1.54, 1.807) is 12.1 Å². The molecule has 94 valence electrons. The fourth-order valence-electron chi connectivity index (χ4n) is 1.60. The number of rotatable bonds is 3. The smallest absolute Gasteiger partial charge is 0.123 e. The van der Waals surface area contributed by atoms with E-state index < -0.39 is 6.10 Å². The van der Waals surface area contributed by atoms with Crippen molar-refractivity contribution < 1.29 is 9.50 Å². The third-order valence-corrected chi connectivity index (χ3v) is 3.11. The number of aliphatic hydroxyl groups excluding tert-OH is 1. The first-order valence-electron chi connectivity index (χ1n) is 5.29. The molecule has 0 aliphatic rings. The lowest BCUT2D eigenvalue weighted by Gasteiger charge is -2.11. The summed E-state index contributed by atoms with van der Waals surface area (Å²) >= 11 is 11.6. The van der Waals surface area contributed by atoms with Crippen molar-refractivity contribution in [1.29, 1.82) is 0 Å². The molecule has 1 N–H and O–H groups in total. The van der Waals surface area contributed by atoms with Gasteiger partial charge in [0.1, 0.15) is 5.82 Å². The Kier molecular flexibility index (Phi) is 4.17. The number of aliphatic hydroxyl groups is 1. The fraction of sp³-hybridized carbons (Fsp3) is 0.154. The molecule has 0 spiro atoms. The van der Waals surface area contributed by atoms with Crippen LogP contribution in [0.25, 0.3) is 0 Å². The Morgan fingerprint density at radius 1 is 1.22 bits per heavy atom. The summed E-state index contributed by atoms with van der Waals surface area (Å²) in [5.74, 6) is -0.384. The Hall–Kier alpha value is -1.16. The van der Waals surface area contributed by atoms with Crippen LogP contribution in [0.4, 0.5) is 4.39 Å². The molecule has 1 atom stereocenters. The number of aromatic nitrogens is 1. The van der Waals surface area contributed by atoms with Gasteiger partial charge in [-0.05, 0) is 35.9 Å². The van der Waals surface area contributed by atoms with E-state index in [1.165, 1.54) is 24.4 Å². The molecular weight excluding hydrogens is 276 g/mol. The van der Waals surface area contributed by atoms with Crippen molar-refractivity contribution in [2.24, 2.45) is 0 Å². The van der Waals surface area contributed by atoms with Gasteiger partial charge in [0, 0.05) is 17.6 Å². The van der Waals surface area contributed by atoms with Crippen molar-refractivity contribution in [2.75, 3.05) is 0 Å². The summed E-state index contributed by atoms with van der Waals surface area (Å²) in [6.45, 7) is 0. The molecular formula is C13H10Cl2FNO. The lowest BCUT2D eigenvalue weighted by Crippen LogP contribution is -2.04. The Labute approximate surface area is 114 Å². The van der Waals surface area contributed by atoms with Crippen LogP contribution in [0.2, 0.25) is 10.0 Å². The van der Waals surface area contributed by atoms with E-state index in [2.05, 4.69) is 4.98 Å². The van der Waals surface area contributed by atoms with E-state index in [0.29, 0.717) is 21.3 Å². The van der Waals surface area contributed by atoms with Crippen molar-refractivity contribution in [3.8, 4) is 0 Å². The normalized spacial score (nSPS) is 12.4. The molecule has 0 bridgehead atoms. The van der Waals surface area contributed by atoms with Crippen molar-refractivity contribution in [3.05, 3.63) is 63.6 Å². The highest BCUT2D eigenvalue weighted by molar-refractivity contribution is 6.31. The maximum absolute atomic E-state index is 13.1. The molecule has 1 unspecified atom stereocenters. The van der Waals surface area contributed by atoms with Crippen LogP contribution in [0, 0.1) is 5.82 Å². The second-order valence-electron chi connectivity index (χ2n) is 3.86. The zero-order valence-corrected chi connectivity index (χ0v) is 10.8. The van der Waals surface area contributed by atoms with E-state index in [1.807, 2.05) is 0 Å². The quantitative estimate of drug-likeness (QED) is 0.930. The summed E-state index contributed by atoms with van der Waals surface area (Å²) in [5.41, 5.74) is 1.01. The van der Waals surface area contributed by atoms with Crippen LogP contribution in [-0.4, -0.2) is 10.1 Å². The molecule has 1 heterocycles. The summed E-state index contributed by atoms with van der Waals surface area (Å²) in [6.07, 6.45) is 0.806. The first kappa shape index (κ1) is 13.3. The van der Waals surface area contributed by atoms with Crippen molar-refractivity contribution in [1.82, 2.24) is 4.98 Å². The lowest BCUT2D eigenvalue weighted by molar-refractivity contribution is 0.173. The number of benzene rings is 1. The zero-order chi connectivity index (χ0) is 13.1. The Morgan fingerprint density at radius 2 is 2.00 bits per heavy atom. The molecule has 0 saturated heterocycles. The minimum Gasteiger partial charge on any atom is -0.386 e. The van der Waals surface area contributed by atoms with Gasteiger partial charge in [0.25, 0.3) is 0 Å². The molecule has 0 radical (unpaired) electrons. The van der Waals surface area contributed by atoms with Gasteiger partial charge in [-0.25, -0.2) is 4.39 Å². The van der Waals surface area contributed by atoms with Crippen molar-refractivity contribution in [3.63, 3.8) is 0 Å². The van der Waals surface area contributed by atoms with Gasteiger partial charge in [-0.2, -0.15) is 0 Å². The molecule has 0 fully saturated rings. The molecule has 1 aromatic carbocycles. The lowest BCUT2D eigenvalue weighted by atomic mass is 10.1. The first-order valence-corrected chi connectivity index (χ1v) is 6.05. The second-order valence-corrected chi connectivity index (χ2v) is 4.70. The fourth-order valence-corrected chi connectivity index (χ4v) is 1.90.